The molecule has 1 heterocycles. The summed E-state index contributed by atoms with van der Waals surface area (Å²) in [6.07, 6.45) is 2.64. The number of nitrogens with zero attached hydrogens (tertiary/aromatic N) is 1. The summed E-state index contributed by atoms with van der Waals surface area (Å²) in [7, 11) is 0. The van der Waals surface area contributed by atoms with E-state index in [1.165, 1.54) is 36.0 Å². The van der Waals surface area contributed by atoms with Crippen molar-refractivity contribution in [3.8, 4) is 0 Å². The first-order valence-corrected chi connectivity index (χ1v) is 6.74. The van der Waals surface area contributed by atoms with E-state index in [1.54, 1.807) is 0 Å². The van der Waals surface area contributed by atoms with Gasteiger partial charge in [0.25, 0.3) is 0 Å². The molecular formula is C13H19BrN2. The highest BCUT2D eigenvalue weighted by Gasteiger charge is 2.21. The molecule has 1 aliphatic rings. The van der Waals surface area contributed by atoms with Crippen LogP contribution in [0.4, 0.5) is 5.69 Å². The van der Waals surface area contributed by atoms with Gasteiger partial charge in [0.1, 0.15) is 0 Å². The van der Waals surface area contributed by atoms with E-state index >= 15 is 0 Å². The summed E-state index contributed by atoms with van der Waals surface area (Å²) in [4.78, 5) is 2.52. The van der Waals surface area contributed by atoms with Gasteiger partial charge in [-0.1, -0.05) is 29.3 Å². The molecule has 2 N–H and O–H groups in total. The van der Waals surface area contributed by atoms with Crippen LogP contribution in [0.5, 0.6) is 0 Å². The third-order valence-corrected chi connectivity index (χ3v) is 4.18. The van der Waals surface area contributed by atoms with Crippen LogP contribution in [-0.4, -0.2) is 18.0 Å². The van der Waals surface area contributed by atoms with E-state index in [1.807, 2.05) is 12.1 Å². The van der Waals surface area contributed by atoms with Gasteiger partial charge in [0.2, 0.25) is 0 Å². The molecule has 0 aromatic heterocycles. The Bertz CT molecular complexity index is 365. The zero-order valence-corrected chi connectivity index (χ0v) is 11.3. The number of nitrogens with two attached hydrogens (primary N) is 1. The van der Waals surface area contributed by atoms with Gasteiger partial charge in [0, 0.05) is 23.2 Å². The van der Waals surface area contributed by atoms with E-state index in [0.29, 0.717) is 0 Å². The number of nitrogen functional groups attached to an aromatic ring is 1. The van der Waals surface area contributed by atoms with Crippen LogP contribution in [0.1, 0.15) is 25.3 Å². The summed E-state index contributed by atoms with van der Waals surface area (Å²) < 4.78 is 1.17. The molecule has 1 aliphatic heterocycles. The van der Waals surface area contributed by atoms with Crippen molar-refractivity contribution < 1.29 is 0 Å². The summed E-state index contributed by atoms with van der Waals surface area (Å²) in [5.41, 5.74) is 7.97. The van der Waals surface area contributed by atoms with Gasteiger partial charge < -0.3 is 5.73 Å². The smallest absolute Gasteiger partial charge is 0.0318 e. The van der Waals surface area contributed by atoms with Crippen LogP contribution in [0, 0.1) is 5.92 Å². The summed E-state index contributed by atoms with van der Waals surface area (Å²) in [5, 5.41) is 0. The topological polar surface area (TPSA) is 29.3 Å². The third kappa shape index (κ3) is 2.77. The molecule has 1 aromatic carbocycles. The normalized spacial score (nSPS) is 21.5. The average molecular weight is 283 g/mol. The summed E-state index contributed by atoms with van der Waals surface area (Å²) in [5.74, 6) is 0.889. The minimum absolute atomic E-state index is 0.851. The molecule has 1 aromatic rings. The van der Waals surface area contributed by atoms with E-state index in [-0.39, 0.29) is 0 Å². The van der Waals surface area contributed by atoms with Crippen LogP contribution in [0.25, 0.3) is 0 Å². The number of benzene rings is 1. The molecule has 16 heavy (non-hydrogen) atoms. The second-order valence-corrected chi connectivity index (χ2v) is 5.50. The summed E-state index contributed by atoms with van der Waals surface area (Å²) in [6, 6.07) is 6.05. The van der Waals surface area contributed by atoms with Gasteiger partial charge in [0.05, 0.1) is 0 Å². The molecule has 0 spiro atoms. The SMILES string of the molecule is CCC1CCN(Cc2cc(N)ccc2Br)C1. The lowest BCUT2D eigenvalue weighted by Crippen LogP contribution is -2.20. The minimum Gasteiger partial charge on any atom is -0.399 e. The molecule has 2 rings (SSSR count). The summed E-state index contributed by atoms with van der Waals surface area (Å²) >= 11 is 3.59. The monoisotopic (exact) mass is 282 g/mol. The van der Waals surface area contributed by atoms with Crippen molar-refractivity contribution in [2.45, 2.75) is 26.3 Å². The Morgan fingerprint density at radius 2 is 2.31 bits per heavy atom. The second-order valence-electron chi connectivity index (χ2n) is 4.65. The molecule has 3 heteroatoms. The summed E-state index contributed by atoms with van der Waals surface area (Å²) in [6.45, 7) is 5.75. The van der Waals surface area contributed by atoms with Crippen LogP contribution in [0.3, 0.4) is 0 Å². The Hall–Kier alpha value is -0.540. The number of hydrogen-bond donors (Lipinski definition) is 1. The fourth-order valence-corrected chi connectivity index (χ4v) is 2.72. The van der Waals surface area contributed by atoms with Gasteiger partial charge >= 0.3 is 0 Å². The van der Waals surface area contributed by atoms with Crippen molar-refractivity contribution in [1.82, 2.24) is 4.90 Å². The van der Waals surface area contributed by atoms with Gasteiger partial charge in [0.15, 0.2) is 0 Å². The Balaban J connectivity index is 2.01. The lowest BCUT2D eigenvalue weighted by Gasteiger charge is -2.17. The Morgan fingerprint density at radius 1 is 1.50 bits per heavy atom. The first-order valence-electron chi connectivity index (χ1n) is 5.95. The van der Waals surface area contributed by atoms with Gasteiger partial charge in [-0.3, -0.25) is 4.90 Å². The molecule has 0 amide bonds. The van der Waals surface area contributed by atoms with Crippen LogP contribution in [-0.2, 0) is 6.54 Å². The first kappa shape index (κ1) is 11.9. The predicted octanol–water partition coefficient (Wildman–Crippen LogP) is 3.26. The highest BCUT2D eigenvalue weighted by Crippen LogP contribution is 2.25. The van der Waals surface area contributed by atoms with Crippen molar-refractivity contribution >= 4 is 21.6 Å². The molecule has 0 bridgehead atoms. The maximum atomic E-state index is 5.82. The molecule has 88 valence electrons. The molecular weight excluding hydrogens is 264 g/mol. The van der Waals surface area contributed by atoms with Crippen LogP contribution < -0.4 is 5.73 Å². The van der Waals surface area contributed by atoms with E-state index in [4.69, 9.17) is 5.73 Å². The van der Waals surface area contributed by atoms with E-state index < -0.39 is 0 Å². The Labute approximate surface area is 106 Å². The number of halogens is 1. The van der Waals surface area contributed by atoms with Crippen molar-refractivity contribution in [1.29, 1.82) is 0 Å². The van der Waals surface area contributed by atoms with Gasteiger partial charge in [-0.15, -0.1) is 0 Å². The molecule has 2 nitrogen and oxygen atoms in total. The van der Waals surface area contributed by atoms with E-state index in [9.17, 15) is 0 Å². The average Bonchev–Trinajstić information content (AvgIpc) is 2.71. The number of likely N-dealkylation sites (tertiary alicyclic amines) is 1. The van der Waals surface area contributed by atoms with Crippen molar-refractivity contribution in [2.24, 2.45) is 5.92 Å². The van der Waals surface area contributed by atoms with Gasteiger partial charge in [-0.05, 0) is 42.6 Å². The van der Waals surface area contributed by atoms with Crippen molar-refractivity contribution in [2.75, 3.05) is 18.8 Å². The molecule has 0 radical (unpaired) electrons. The maximum absolute atomic E-state index is 5.82. The standard InChI is InChI=1S/C13H19BrN2/c1-2-10-5-6-16(8-10)9-11-7-12(15)3-4-13(11)14/h3-4,7,10H,2,5-6,8-9,15H2,1H3. The second kappa shape index (κ2) is 5.19. The Kier molecular flexibility index (Phi) is 3.87. The fourth-order valence-electron chi connectivity index (χ4n) is 2.35. The maximum Gasteiger partial charge on any atom is 0.0318 e. The highest BCUT2D eigenvalue weighted by atomic mass is 79.9. The van der Waals surface area contributed by atoms with Gasteiger partial charge in [-0.25, -0.2) is 0 Å². The zero-order valence-electron chi connectivity index (χ0n) is 9.75. The molecule has 1 unspecified atom stereocenters. The molecule has 1 saturated heterocycles. The molecule has 1 atom stereocenters. The molecule has 1 fully saturated rings. The minimum atomic E-state index is 0.851. The lowest BCUT2D eigenvalue weighted by atomic mass is 10.1. The van der Waals surface area contributed by atoms with E-state index in [0.717, 1.165) is 18.2 Å². The van der Waals surface area contributed by atoms with Crippen molar-refractivity contribution in [3.05, 3.63) is 28.2 Å². The molecule has 0 aliphatic carbocycles. The third-order valence-electron chi connectivity index (χ3n) is 3.41. The largest absolute Gasteiger partial charge is 0.399 e. The van der Waals surface area contributed by atoms with Crippen LogP contribution in [0.2, 0.25) is 0 Å². The zero-order chi connectivity index (χ0) is 11.5. The number of anilines is 1. The Morgan fingerprint density at radius 3 is 3.00 bits per heavy atom. The van der Waals surface area contributed by atoms with Crippen LogP contribution >= 0.6 is 15.9 Å². The predicted molar refractivity (Wildman–Crippen MR) is 72.2 cm³/mol. The highest BCUT2D eigenvalue weighted by molar-refractivity contribution is 9.10. The fraction of sp³-hybridized carbons (Fsp3) is 0.538. The number of hydrogen-bond acceptors (Lipinski definition) is 2. The van der Waals surface area contributed by atoms with Crippen molar-refractivity contribution in [3.63, 3.8) is 0 Å². The van der Waals surface area contributed by atoms with Crippen LogP contribution in [0.15, 0.2) is 22.7 Å². The van der Waals surface area contributed by atoms with E-state index in [2.05, 4.69) is 33.8 Å². The number of rotatable bonds is 3. The quantitative estimate of drug-likeness (QED) is 0.863. The lowest BCUT2D eigenvalue weighted by molar-refractivity contribution is 0.314. The first-order chi connectivity index (χ1) is 7.69. The molecule has 0 saturated carbocycles. The van der Waals surface area contributed by atoms with Gasteiger partial charge in [-0.2, -0.15) is 0 Å².